The van der Waals surface area contributed by atoms with Crippen LogP contribution in [0.2, 0.25) is 0 Å². The van der Waals surface area contributed by atoms with Crippen LogP contribution >= 0.6 is 0 Å². The number of nitrogens with one attached hydrogen (secondary N) is 5. The molecule has 5 amide bonds. The van der Waals surface area contributed by atoms with Crippen molar-refractivity contribution >= 4 is 111 Å². The van der Waals surface area contributed by atoms with E-state index in [2.05, 4.69) is 55.8 Å². The number of fused-ring (bicyclic) bond motifs is 2. The highest BCUT2D eigenvalue weighted by molar-refractivity contribution is 6.01. The monoisotopic (exact) mass is 1650 g/mol. The molecule has 1 aliphatic rings. The van der Waals surface area contributed by atoms with E-state index in [1.165, 1.54) is 0 Å². The summed E-state index contributed by atoms with van der Waals surface area (Å²) in [6, 6.07) is 6.40. The predicted molar refractivity (Wildman–Crippen MR) is 396 cm³/mol. The number of esters is 2. The number of aliphatic carboxylic acids is 2. The van der Waals surface area contributed by atoms with E-state index in [0.717, 1.165) is 75.1 Å². The van der Waals surface area contributed by atoms with Crippen molar-refractivity contribution in [1.82, 2.24) is 70.5 Å². The predicted octanol–water partition coefficient (Wildman–Crippen LogP) is -0.187. The zero-order valence-electron chi connectivity index (χ0n) is 63.0. The highest BCUT2D eigenvalue weighted by atomic mass is 19.4. The number of nitrogens with zero attached hydrogens (tertiary/aromatic N) is 11. The molecule has 0 radical (unpaired) electrons. The largest absolute Gasteiger partial charge is 0.480 e. The number of carbonyl (C=O) groups excluding carboxylic acids is 9. The quantitative estimate of drug-likeness (QED) is 0.0135. The summed E-state index contributed by atoms with van der Waals surface area (Å²) >= 11 is 0. The van der Waals surface area contributed by atoms with E-state index in [4.69, 9.17) is 45.6 Å². The molecular weight excluding hydrogens is 1560 g/mol. The molecule has 0 unspecified atom stereocenters. The summed E-state index contributed by atoms with van der Waals surface area (Å²) in [5.41, 5.74) is 12.7. The third kappa shape index (κ3) is 31.6. The lowest BCUT2D eigenvalue weighted by atomic mass is 10.1. The Morgan fingerprint density at radius 1 is 0.517 bits per heavy atom. The van der Waals surface area contributed by atoms with Crippen molar-refractivity contribution in [2.75, 3.05) is 160 Å². The van der Waals surface area contributed by atoms with Crippen LogP contribution in [-0.2, 0) is 84.7 Å². The van der Waals surface area contributed by atoms with Crippen LogP contribution in [0.5, 0.6) is 0 Å². The van der Waals surface area contributed by atoms with Gasteiger partial charge in [0.2, 0.25) is 17.8 Å². The Hall–Kier alpha value is -11.7. The van der Waals surface area contributed by atoms with Crippen LogP contribution in [0, 0.1) is 0 Å². The van der Waals surface area contributed by atoms with Crippen molar-refractivity contribution in [2.45, 2.75) is 88.9 Å². The van der Waals surface area contributed by atoms with Gasteiger partial charge in [0.05, 0.1) is 110 Å². The number of carboxylic acids is 2. The third-order valence-corrected chi connectivity index (χ3v) is 16.8. The molecule has 1 saturated heterocycles. The van der Waals surface area contributed by atoms with Gasteiger partial charge in [-0.3, -0.25) is 87.2 Å². The average Bonchev–Trinajstić information content (AvgIpc) is 0.829. The van der Waals surface area contributed by atoms with Crippen molar-refractivity contribution in [3.05, 3.63) is 104 Å². The number of anilines is 4. The van der Waals surface area contributed by atoms with Crippen LogP contribution in [-0.4, -0.2) is 293 Å². The Morgan fingerprint density at radius 3 is 1.23 bits per heavy atom. The first-order valence-electron chi connectivity index (χ1n) is 35.9. The standard InChI is InChI=1S/C41H54F3N11O13.C29H35F3N8O8/c1-66-38(64)30(49-36(62)26-4-6-28(7-5-26)55(39(65)41(42,43)44)22-27-21-47-35-34(48-27)37(63)51-40(45)50-35)9-8-29(56)3-2-17-67-19-20-68-18-10-46-31(57)23-52-11-13-53(24-32(58)59)15-16-54(14-12-52)25-33(60)61;1-46-26(44)21(9-8-20(41)3-2-11-47-13-14-48-12-10-33)37-24(42)17-4-6-19(7-5-17)40(27(45)29(30,31)32)16-18-15-35-23-22(36-18)25(43)39-28(34)38-23/h4-7,21,30H,2-3,8-20,22-25H2,1H3,(H,46,57)(H,49,62)(H,58,59)(H,60,61)(H3,45,47,50,51,63);4-7,15,21H,2-3,8-14,16,33H2,1H3,(H,37,42)(H3,34,35,38,39,43)/t30-;21-/m00/s1. The smallest absolute Gasteiger partial charge is 0.471 e. The number of nitrogen functional groups attached to an aromatic ring is 2. The van der Waals surface area contributed by atoms with Crippen molar-refractivity contribution in [3.63, 3.8) is 0 Å². The van der Waals surface area contributed by atoms with Gasteiger partial charge in [-0.1, -0.05) is 0 Å². The summed E-state index contributed by atoms with van der Waals surface area (Å²) in [6.45, 7) is 3.51. The molecule has 0 aliphatic carbocycles. The van der Waals surface area contributed by atoms with E-state index in [1.807, 2.05) is 4.90 Å². The van der Waals surface area contributed by atoms with Crippen molar-refractivity contribution < 1.29 is 118 Å². The fourth-order valence-electron chi connectivity index (χ4n) is 11.0. The van der Waals surface area contributed by atoms with Crippen LogP contribution in [0.1, 0.15) is 83.5 Å². The first kappa shape index (κ1) is 93.2. The maximum atomic E-state index is 13.7. The Balaban J connectivity index is 0.000000383. The Labute approximate surface area is 655 Å². The van der Waals surface area contributed by atoms with Crippen LogP contribution in [0.15, 0.2) is 70.5 Å². The molecule has 2 aromatic carbocycles. The summed E-state index contributed by atoms with van der Waals surface area (Å²) in [5.74, 6) is -10.9. The lowest BCUT2D eigenvalue weighted by Gasteiger charge is -2.24. The van der Waals surface area contributed by atoms with Crippen molar-refractivity contribution in [3.8, 4) is 0 Å². The number of methoxy groups -OCH3 is 2. The number of ketones is 2. The molecule has 6 aromatic rings. The molecule has 2 atom stereocenters. The normalized spacial score (nSPS) is 13.5. The molecule has 1 fully saturated rings. The number of amides is 5. The van der Waals surface area contributed by atoms with E-state index >= 15 is 0 Å². The molecule has 7 rings (SSSR count). The molecule has 46 heteroatoms. The van der Waals surface area contributed by atoms with Gasteiger partial charge in [-0.25, -0.2) is 29.5 Å². The van der Waals surface area contributed by atoms with E-state index < -0.39 is 96.2 Å². The third-order valence-electron chi connectivity index (χ3n) is 16.8. The number of hydrogen-bond donors (Lipinski definition) is 10. The molecule has 0 spiro atoms. The van der Waals surface area contributed by atoms with Gasteiger partial charge in [0.15, 0.2) is 22.3 Å². The zero-order chi connectivity index (χ0) is 85.1. The van der Waals surface area contributed by atoms with E-state index in [9.17, 15) is 98.9 Å². The number of Topliss-reactive ketones (excluding diaryl/α,β-unsaturated/α-hetero) is 2. The molecule has 116 heavy (non-hydrogen) atoms. The number of aromatic amines is 2. The van der Waals surface area contributed by atoms with Gasteiger partial charge in [0.1, 0.15) is 23.7 Å². The minimum atomic E-state index is -5.32. The average molecular weight is 1650 g/mol. The molecule has 40 nitrogen and oxygen atoms in total. The van der Waals surface area contributed by atoms with Gasteiger partial charge in [-0.15, -0.1) is 0 Å². The maximum absolute atomic E-state index is 13.7. The lowest BCUT2D eigenvalue weighted by molar-refractivity contribution is -0.170. The summed E-state index contributed by atoms with van der Waals surface area (Å²) in [5, 5.41) is 26.1. The summed E-state index contributed by atoms with van der Waals surface area (Å²) < 4.78 is 113. The minimum Gasteiger partial charge on any atom is -0.480 e. The Kier molecular flexibility index (Phi) is 37.4. The van der Waals surface area contributed by atoms with Crippen LogP contribution < -0.4 is 54.1 Å². The van der Waals surface area contributed by atoms with E-state index in [0.29, 0.717) is 94.9 Å². The van der Waals surface area contributed by atoms with E-state index in [-0.39, 0.29) is 177 Å². The van der Waals surface area contributed by atoms with Gasteiger partial charge in [0, 0.05) is 114 Å². The molecule has 632 valence electrons. The van der Waals surface area contributed by atoms with Crippen molar-refractivity contribution in [2.24, 2.45) is 5.73 Å². The highest BCUT2D eigenvalue weighted by Crippen LogP contribution is 2.28. The number of nitrogens with two attached hydrogens (primary N) is 3. The topological polar surface area (TPSA) is 557 Å². The van der Waals surface area contributed by atoms with Gasteiger partial charge in [-0.05, 0) is 74.2 Å². The number of halogens is 6. The first-order valence-corrected chi connectivity index (χ1v) is 35.9. The molecule has 0 saturated carbocycles. The van der Waals surface area contributed by atoms with Crippen LogP contribution in [0.4, 0.5) is 49.6 Å². The SMILES string of the molecule is COC(=O)[C@H](CCC(=O)CCCOCCOCCN)NC(=O)c1ccc(N(Cc2cnc3nc(N)[nH]c(=O)c3n2)C(=O)C(F)(F)F)cc1.COC(=O)[C@H](CCC(=O)CCCOCCOCCNC(=O)CN1CCN(CC(=O)O)CCN(CC(=O)O)CC1)NC(=O)c1ccc(N(Cc2cnc3nc(N)[nH]c(=O)c3n2)C(=O)C(F)(F)F)cc1. The maximum Gasteiger partial charge on any atom is 0.471 e. The minimum absolute atomic E-state index is 0.0366. The summed E-state index contributed by atoms with van der Waals surface area (Å²) in [7, 11) is 2.20. The Bertz CT molecular complexity index is 4440. The van der Waals surface area contributed by atoms with Crippen LogP contribution in [0.3, 0.4) is 0 Å². The Morgan fingerprint density at radius 2 is 0.879 bits per heavy atom. The van der Waals surface area contributed by atoms with Crippen molar-refractivity contribution in [1.29, 1.82) is 0 Å². The number of carbonyl (C=O) groups is 11. The number of ether oxygens (including phenoxy) is 6. The van der Waals surface area contributed by atoms with E-state index in [1.54, 1.807) is 9.80 Å². The summed E-state index contributed by atoms with van der Waals surface area (Å²) in [4.78, 5) is 194. The molecule has 0 bridgehead atoms. The number of benzene rings is 2. The highest BCUT2D eigenvalue weighted by Gasteiger charge is 2.45. The second-order valence-electron chi connectivity index (χ2n) is 25.5. The lowest BCUT2D eigenvalue weighted by Crippen LogP contribution is -2.43. The molecule has 4 aromatic heterocycles. The zero-order valence-corrected chi connectivity index (χ0v) is 63.0. The molecule has 13 N–H and O–H groups in total. The number of carboxylic acid groups (broad SMARTS) is 2. The number of hydrogen-bond acceptors (Lipinski definition) is 31. The number of rotatable bonds is 43. The fourth-order valence-corrected chi connectivity index (χ4v) is 11.0. The first-order chi connectivity index (χ1) is 55.2. The second kappa shape index (κ2) is 46.6. The number of aromatic nitrogens is 8. The molecular formula is C70H89F6N19O21. The second-order valence-corrected chi connectivity index (χ2v) is 25.5. The molecule has 1 aliphatic heterocycles. The number of H-pyrrole nitrogens is 2. The van der Waals surface area contributed by atoms with Gasteiger partial charge in [-0.2, -0.15) is 36.3 Å². The molecule has 5 heterocycles. The number of alkyl halides is 6. The van der Waals surface area contributed by atoms with Gasteiger partial charge < -0.3 is 71.8 Å². The van der Waals surface area contributed by atoms with Gasteiger partial charge >= 0.3 is 48.0 Å². The van der Waals surface area contributed by atoms with Gasteiger partial charge in [0.25, 0.3) is 22.9 Å². The summed E-state index contributed by atoms with van der Waals surface area (Å²) in [6.07, 6.45) is -7.79. The van der Waals surface area contributed by atoms with Crippen LogP contribution in [0.25, 0.3) is 22.3 Å². The fraction of sp³-hybridized carbons (Fsp3) is 0.500.